The van der Waals surface area contributed by atoms with E-state index in [-0.39, 0.29) is 23.0 Å². The van der Waals surface area contributed by atoms with Gasteiger partial charge in [0.2, 0.25) is 15.9 Å². The molecule has 8 nitrogen and oxygen atoms in total. The Balaban J connectivity index is 2.12. The second-order valence-corrected chi connectivity index (χ2v) is 9.01. The molecule has 0 aliphatic carbocycles. The third-order valence-corrected chi connectivity index (χ3v) is 5.84. The van der Waals surface area contributed by atoms with Crippen LogP contribution >= 0.6 is 11.6 Å². The van der Waals surface area contributed by atoms with E-state index in [2.05, 4.69) is 10.0 Å². The maximum Gasteiger partial charge on any atom is 0.254 e. The first-order valence-electron chi connectivity index (χ1n) is 9.04. The minimum absolute atomic E-state index is 0.0245. The standard InChI is InChI=1S/C20H24ClN3O5S/c1-13(2)23-30(27,28)16-7-5-6-14(10-16)20(26)24(3)12-19(25)22-17-11-15(21)8-9-18(17)29-4/h5-11,13,23H,12H2,1-4H3,(H,22,25). The Hall–Kier alpha value is -2.62. The molecule has 0 saturated heterocycles. The van der Waals surface area contributed by atoms with Gasteiger partial charge in [-0.15, -0.1) is 0 Å². The van der Waals surface area contributed by atoms with Gasteiger partial charge in [-0.05, 0) is 50.2 Å². The van der Waals surface area contributed by atoms with Gasteiger partial charge in [0, 0.05) is 23.7 Å². The number of benzene rings is 2. The first-order valence-corrected chi connectivity index (χ1v) is 10.9. The van der Waals surface area contributed by atoms with Crippen LogP contribution in [-0.4, -0.2) is 51.9 Å². The lowest BCUT2D eigenvalue weighted by molar-refractivity contribution is -0.116. The molecule has 2 aromatic rings. The average Bonchev–Trinajstić information content (AvgIpc) is 2.66. The van der Waals surface area contributed by atoms with E-state index >= 15 is 0 Å². The van der Waals surface area contributed by atoms with Crippen molar-refractivity contribution in [2.24, 2.45) is 0 Å². The Morgan fingerprint density at radius 1 is 1.17 bits per heavy atom. The molecule has 162 valence electrons. The van der Waals surface area contributed by atoms with Gasteiger partial charge in [-0.3, -0.25) is 9.59 Å². The minimum Gasteiger partial charge on any atom is -0.495 e. The van der Waals surface area contributed by atoms with Crippen LogP contribution < -0.4 is 14.8 Å². The molecule has 2 aromatic carbocycles. The molecule has 0 unspecified atom stereocenters. The number of hydrogen-bond acceptors (Lipinski definition) is 5. The van der Waals surface area contributed by atoms with E-state index in [9.17, 15) is 18.0 Å². The lowest BCUT2D eigenvalue weighted by atomic mass is 10.2. The molecule has 0 heterocycles. The number of methoxy groups -OCH3 is 1. The van der Waals surface area contributed by atoms with Crippen LogP contribution in [0.4, 0.5) is 5.69 Å². The van der Waals surface area contributed by atoms with Crippen LogP contribution in [0.25, 0.3) is 0 Å². The second-order valence-electron chi connectivity index (χ2n) is 6.86. The Morgan fingerprint density at radius 3 is 2.50 bits per heavy atom. The summed E-state index contributed by atoms with van der Waals surface area (Å²) in [6, 6.07) is 10.1. The van der Waals surface area contributed by atoms with Crippen LogP contribution in [-0.2, 0) is 14.8 Å². The summed E-state index contributed by atoms with van der Waals surface area (Å²) in [5.74, 6) is -0.529. The summed E-state index contributed by atoms with van der Waals surface area (Å²) in [7, 11) is -0.832. The number of ether oxygens (including phenoxy) is 1. The molecular weight excluding hydrogens is 430 g/mol. The van der Waals surface area contributed by atoms with Gasteiger partial charge in [0.15, 0.2) is 0 Å². The van der Waals surface area contributed by atoms with Gasteiger partial charge in [0.05, 0.1) is 24.2 Å². The number of carbonyl (C=O) groups is 2. The highest BCUT2D eigenvalue weighted by Crippen LogP contribution is 2.27. The Kier molecular flexibility index (Phi) is 7.83. The van der Waals surface area contributed by atoms with E-state index in [0.29, 0.717) is 16.5 Å². The first kappa shape index (κ1) is 23.7. The molecule has 2 rings (SSSR count). The smallest absolute Gasteiger partial charge is 0.254 e. The van der Waals surface area contributed by atoms with E-state index in [1.165, 1.54) is 49.4 Å². The zero-order valence-corrected chi connectivity index (χ0v) is 18.7. The van der Waals surface area contributed by atoms with Crippen molar-refractivity contribution in [2.75, 3.05) is 26.0 Å². The Bertz CT molecular complexity index is 1040. The van der Waals surface area contributed by atoms with E-state index in [0.717, 1.165) is 0 Å². The molecule has 2 N–H and O–H groups in total. The van der Waals surface area contributed by atoms with Crippen LogP contribution in [0.5, 0.6) is 5.75 Å². The van der Waals surface area contributed by atoms with Crippen LogP contribution in [0, 0.1) is 0 Å². The highest BCUT2D eigenvalue weighted by molar-refractivity contribution is 7.89. The molecule has 10 heteroatoms. The molecule has 0 saturated carbocycles. The molecule has 2 amide bonds. The van der Waals surface area contributed by atoms with Crippen molar-refractivity contribution in [3.8, 4) is 5.75 Å². The van der Waals surface area contributed by atoms with E-state index in [1.54, 1.807) is 26.0 Å². The fourth-order valence-electron chi connectivity index (χ4n) is 2.65. The number of nitrogens with zero attached hydrogens (tertiary/aromatic N) is 1. The van der Waals surface area contributed by atoms with Crippen molar-refractivity contribution in [3.63, 3.8) is 0 Å². The molecule has 0 aliphatic rings. The van der Waals surface area contributed by atoms with Gasteiger partial charge in [-0.2, -0.15) is 0 Å². The Labute approximate surface area is 181 Å². The molecule has 0 radical (unpaired) electrons. The van der Waals surface area contributed by atoms with Gasteiger partial charge in [0.25, 0.3) is 5.91 Å². The zero-order valence-electron chi connectivity index (χ0n) is 17.1. The van der Waals surface area contributed by atoms with Gasteiger partial charge in [-0.1, -0.05) is 17.7 Å². The number of rotatable bonds is 8. The lowest BCUT2D eigenvalue weighted by Gasteiger charge is -2.18. The summed E-state index contributed by atoms with van der Waals surface area (Å²) in [5, 5.41) is 3.07. The number of nitrogens with one attached hydrogen (secondary N) is 2. The predicted octanol–water partition coefficient (Wildman–Crippen LogP) is 2.75. The SMILES string of the molecule is COc1ccc(Cl)cc1NC(=O)CN(C)C(=O)c1cccc(S(=O)(=O)NC(C)C)c1. The fourth-order valence-corrected chi connectivity index (χ4v) is 4.12. The van der Waals surface area contributed by atoms with Gasteiger partial charge < -0.3 is 15.0 Å². The summed E-state index contributed by atoms with van der Waals surface area (Å²) >= 11 is 5.95. The number of sulfonamides is 1. The summed E-state index contributed by atoms with van der Waals surface area (Å²) < 4.78 is 32.3. The van der Waals surface area contributed by atoms with Crippen LogP contribution in [0.1, 0.15) is 24.2 Å². The van der Waals surface area contributed by atoms with Gasteiger partial charge >= 0.3 is 0 Å². The topological polar surface area (TPSA) is 105 Å². The lowest BCUT2D eigenvalue weighted by Crippen LogP contribution is -2.35. The van der Waals surface area contributed by atoms with Crippen molar-refractivity contribution in [3.05, 3.63) is 53.1 Å². The van der Waals surface area contributed by atoms with E-state index < -0.39 is 21.8 Å². The minimum atomic E-state index is -3.74. The van der Waals surface area contributed by atoms with Crippen molar-refractivity contribution < 1.29 is 22.7 Å². The largest absolute Gasteiger partial charge is 0.495 e. The van der Waals surface area contributed by atoms with E-state index in [4.69, 9.17) is 16.3 Å². The molecule has 0 fully saturated rings. The fraction of sp³-hybridized carbons (Fsp3) is 0.300. The number of anilines is 1. The number of hydrogen-bond donors (Lipinski definition) is 2. The molecule has 0 aliphatic heterocycles. The highest BCUT2D eigenvalue weighted by atomic mass is 35.5. The molecule has 0 aromatic heterocycles. The van der Waals surface area contributed by atoms with Gasteiger partial charge in [-0.25, -0.2) is 13.1 Å². The molecular formula is C20H24ClN3O5S. The predicted molar refractivity (Wildman–Crippen MR) is 115 cm³/mol. The summed E-state index contributed by atoms with van der Waals surface area (Å²) in [6.07, 6.45) is 0. The van der Waals surface area contributed by atoms with E-state index in [1.807, 2.05) is 0 Å². The molecule has 0 atom stereocenters. The van der Waals surface area contributed by atoms with Gasteiger partial charge in [0.1, 0.15) is 5.75 Å². The number of amides is 2. The summed E-state index contributed by atoms with van der Waals surface area (Å²) in [6.45, 7) is 3.15. The van der Waals surface area contributed by atoms with Crippen molar-refractivity contribution >= 4 is 39.1 Å². The highest BCUT2D eigenvalue weighted by Gasteiger charge is 2.20. The Morgan fingerprint density at radius 2 is 1.87 bits per heavy atom. The third-order valence-electron chi connectivity index (χ3n) is 3.95. The van der Waals surface area contributed by atoms with Crippen molar-refractivity contribution in [1.29, 1.82) is 0 Å². The van der Waals surface area contributed by atoms with Crippen LogP contribution in [0.15, 0.2) is 47.4 Å². The number of carbonyl (C=O) groups excluding carboxylic acids is 2. The second kappa shape index (κ2) is 9.92. The number of likely N-dealkylation sites (N-methyl/N-ethyl adjacent to an activating group) is 1. The molecule has 0 spiro atoms. The van der Waals surface area contributed by atoms with Crippen LogP contribution in [0.3, 0.4) is 0 Å². The van der Waals surface area contributed by atoms with Crippen molar-refractivity contribution in [2.45, 2.75) is 24.8 Å². The first-order chi connectivity index (χ1) is 14.0. The maximum absolute atomic E-state index is 12.7. The zero-order chi connectivity index (χ0) is 22.5. The number of halogens is 1. The maximum atomic E-state index is 12.7. The third kappa shape index (κ3) is 6.19. The summed E-state index contributed by atoms with van der Waals surface area (Å²) in [5.41, 5.74) is 0.529. The van der Waals surface area contributed by atoms with Crippen molar-refractivity contribution in [1.82, 2.24) is 9.62 Å². The summed E-state index contributed by atoms with van der Waals surface area (Å²) in [4.78, 5) is 26.2. The van der Waals surface area contributed by atoms with Crippen LogP contribution in [0.2, 0.25) is 5.02 Å². The quantitative estimate of drug-likeness (QED) is 0.639. The normalized spacial score (nSPS) is 11.3. The molecule has 30 heavy (non-hydrogen) atoms. The monoisotopic (exact) mass is 453 g/mol. The average molecular weight is 454 g/mol. The molecule has 0 bridgehead atoms.